The molecule has 0 bridgehead atoms. The van der Waals surface area contributed by atoms with Gasteiger partial charge in [0.2, 0.25) is 0 Å². The number of hydrogen-bond acceptors (Lipinski definition) is 0. The van der Waals surface area contributed by atoms with E-state index in [1.807, 2.05) is 0 Å². The second kappa shape index (κ2) is 9.97. The SMILES string of the molecule is CCCCCCCC1CCC2CC(c3ccc4c(c3F)CCC(C)C4)CCC2C1. The van der Waals surface area contributed by atoms with Crippen LogP contribution in [-0.2, 0) is 12.8 Å². The molecule has 1 aromatic carbocycles. The Bertz CT molecular complexity index is 663. The molecule has 5 unspecified atom stereocenters. The molecule has 5 atom stereocenters. The van der Waals surface area contributed by atoms with Crippen molar-refractivity contribution in [2.75, 3.05) is 0 Å². The van der Waals surface area contributed by atoms with Crippen molar-refractivity contribution in [1.82, 2.24) is 0 Å². The van der Waals surface area contributed by atoms with E-state index in [1.54, 1.807) is 0 Å². The second-order valence-electron chi connectivity index (χ2n) is 10.9. The highest BCUT2D eigenvalue weighted by atomic mass is 19.1. The smallest absolute Gasteiger partial charge is 0.130 e. The van der Waals surface area contributed by atoms with Gasteiger partial charge < -0.3 is 0 Å². The van der Waals surface area contributed by atoms with E-state index >= 15 is 4.39 Å². The molecule has 0 aromatic heterocycles. The number of halogens is 1. The Morgan fingerprint density at radius 2 is 1.69 bits per heavy atom. The number of rotatable bonds is 7. The maximum absolute atomic E-state index is 15.4. The van der Waals surface area contributed by atoms with E-state index in [-0.39, 0.29) is 5.82 Å². The molecular formula is C28H43F. The predicted molar refractivity (Wildman–Crippen MR) is 122 cm³/mol. The standard InChI is InChI=1S/C28H43F/c1-3-4-5-6-7-8-21-10-11-23-19-25(13-12-22(23)18-21)27-16-14-24-17-20(2)9-15-26(24)28(27)29/h14,16,20-23,25H,3-13,15,17-19H2,1-2H3. The van der Waals surface area contributed by atoms with Gasteiger partial charge in [-0.2, -0.15) is 0 Å². The van der Waals surface area contributed by atoms with Crippen LogP contribution in [0.2, 0.25) is 0 Å². The molecule has 0 heterocycles. The van der Waals surface area contributed by atoms with Crippen LogP contribution in [0.15, 0.2) is 12.1 Å². The molecule has 0 aliphatic heterocycles. The zero-order valence-corrected chi connectivity index (χ0v) is 19.0. The molecule has 0 saturated heterocycles. The first-order valence-corrected chi connectivity index (χ1v) is 13.0. The average Bonchev–Trinajstić information content (AvgIpc) is 2.73. The number of unbranched alkanes of at least 4 members (excludes halogenated alkanes) is 4. The highest BCUT2D eigenvalue weighted by Gasteiger charge is 2.37. The molecule has 0 amide bonds. The first-order chi connectivity index (χ1) is 14.2. The first kappa shape index (κ1) is 21.4. The molecule has 0 radical (unpaired) electrons. The van der Waals surface area contributed by atoms with E-state index in [1.165, 1.54) is 82.6 Å². The van der Waals surface area contributed by atoms with Crippen molar-refractivity contribution in [2.45, 2.75) is 116 Å². The summed E-state index contributed by atoms with van der Waals surface area (Å²) in [5, 5.41) is 0. The van der Waals surface area contributed by atoms with Crippen molar-refractivity contribution in [3.05, 3.63) is 34.6 Å². The van der Waals surface area contributed by atoms with Crippen LogP contribution < -0.4 is 0 Å². The number of hydrogen-bond donors (Lipinski definition) is 0. The van der Waals surface area contributed by atoms with Gasteiger partial charge in [-0.3, -0.25) is 0 Å². The molecule has 29 heavy (non-hydrogen) atoms. The van der Waals surface area contributed by atoms with Crippen molar-refractivity contribution < 1.29 is 4.39 Å². The Morgan fingerprint density at radius 3 is 2.55 bits per heavy atom. The molecule has 1 heteroatoms. The van der Waals surface area contributed by atoms with Gasteiger partial charge in [0.1, 0.15) is 5.82 Å². The van der Waals surface area contributed by atoms with Crippen molar-refractivity contribution in [3.8, 4) is 0 Å². The third-order valence-corrected chi connectivity index (χ3v) is 8.70. The molecule has 1 aromatic rings. The minimum atomic E-state index is 0.179. The molecule has 0 nitrogen and oxygen atoms in total. The van der Waals surface area contributed by atoms with Crippen molar-refractivity contribution in [1.29, 1.82) is 0 Å². The summed E-state index contributed by atoms with van der Waals surface area (Å²) in [4.78, 5) is 0. The van der Waals surface area contributed by atoms with E-state index in [2.05, 4.69) is 26.0 Å². The minimum Gasteiger partial charge on any atom is -0.206 e. The highest BCUT2D eigenvalue weighted by Crippen LogP contribution is 2.49. The van der Waals surface area contributed by atoms with Gasteiger partial charge >= 0.3 is 0 Å². The first-order valence-electron chi connectivity index (χ1n) is 13.0. The normalized spacial score (nSPS) is 31.9. The Hall–Kier alpha value is -0.850. The van der Waals surface area contributed by atoms with Crippen LogP contribution in [0.4, 0.5) is 4.39 Å². The second-order valence-corrected chi connectivity index (χ2v) is 10.9. The molecule has 3 aliphatic carbocycles. The summed E-state index contributed by atoms with van der Waals surface area (Å²) >= 11 is 0. The summed E-state index contributed by atoms with van der Waals surface area (Å²) in [5.74, 6) is 4.15. The van der Waals surface area contributed by atoms with Crippen LogP contribution >= 0.6 is 0 Å². The van der Waals surface area contributed by atoms with Crippen LogP contribution in [0.25, 0.3) is 0 Å². The molecule has 3 aliphatic rings. The van der Waals surface area contributed by atoms with Gasteiger partial charge in [0.25, 0.3) is 0 Å². The van der Waals surface area contributed by atoms with E-state index in [9.17, 15) is 0 Å². The predicted octanol–water partition coefficient (Wildman–Crippen LogP) is 8.61. The summed E-state index contributed by atoms with van der Waals surface area (Å²) in [6, 6.07) is 4.43. The average molecular weight is 399 g/mol. The largest absolute Gasteiger partial charge is 0.206 e. The zero-order valence-electron chi connectivity index (χ0n) is 19.0. The van der Waals surface area contributed by atoms with Crippen molar-refractivity contribution >= 4 is 0 Å². The quantitative estimate of drug-likeness (QED) is 0.403. The van der Waals surface area contributed by atoms with Gasteiger partial charge in [0.15, 0.2) is 0 Å². The third-order valence-electron chi connectivity index (χ3n) is 8.70. The van der Waals surface area contributed by atoms with Crippen LogP contribution in [-0.4, -0.2) is 0 Å². The van der Waals surface area contributed by atoms with Crippen LogP contribution in [0.1, 0.15) is 120 Å². The lowest BCUT2D eigenvalue weighted by atomic mass is 9.63. The van der Waals surface area contributed by atoms with Crippen molar-refractivity contribution in [2.24, 2.45) is 23.7 Å². The Morgan fingerprint density at radius 1 is 0.897 bits per heavy atom. The molecular weight excluding hydrogens is 355 g/mol. The fourth-order valence-electron chi connectivity index (χ4n) is 6.89. The highest BCUT2D eigenvalue weighted by molar-refractivity contribution is 5.38. The number of fused-ring (bicyclic) bond motifs is 2. The number of benzene rings is 1. The molecule has 0 N–H and O–H groups in total. The molecule has 0 spiro atoms. The Balaban J connectivity index is 1.31. The maximum atomic E-state index is 15.4. The van der Waals surface area contributed by atoms with E-state index in [0.717, 1.165) is 48.1 Å². The maximum Gasteiger partial charge on any atom is 0.130 e. The van der Waals surface area contributed by atoms with Gasteiger partial charge in [0, 0.05) is 0 Å². The molecule has 2 fully saturated rings. The summed E-state index contributed by atoms with van der Waals surface area (Å²) in [6.45, 7) is 4.60. The van der Waals surface area contributed by atoms with Crippen LogP contribution in [0.5, 0.6) is 0 Å². The lowest BCUT2D eigenvalue weighted by molar-refractivity contribution is 0.112. The summed E-state index contributed by atoms with van der Waals surface area (Å²) in [6.07, 6.45) is 19.8. The summed E-state index contributed by atoms with van der Waals surface area (Å²) < 4.78 is 15.4. The topological polar surface area (TPSA) is 0 Å². The monoisotopic (exact) mass is 398 g/mol. The van der Waals surface area contributed by atoms with E-state index in [4.69, 9.17) is 0 Å². The van der Waals surface area contributed by atoms with Gasteiger partial charge in [0.05, 0.1) is 0 Å². The van der Waals surface area contributed by atoms with E-state index in [0.29, 0.717) is 11.8 Å². The Kier molecular flexibility index (Phi) is 7.35. The van der Waals surface area contributed by atoms with E-state index < -0.39 is 0 Å². The Labute approximate surface area is 179 Å². The third kappa shape index (κ3) is 5.08. The molecule has 2 saturated carbocycles. The minimum absolute atomic E-state index is 0.179. The van der Waals surface area contributed by atoms with Gasteiger partial charge in [-0.1, -0.05) is 70.9 Å². The lowest BCUT2D eigenvalue weighted by Crippen LogP contribution is -2.31. The van der Waals surface area contributed by atoms with Crippen LogP contribution in [0, 0.1) is 29.5 Å². The van der Waals surface area contributed by atoms with Gasteiger partial charge in [-0.05, 0) is 97.6 Å². The lowest BCUT2D eigenvalue weighted by Gasteiger charge is -2.42. The van der Waals surface area contributed by atoms with Crippen molar-refractivity contribution in [3.63, 3.8) is 0 Å². The van der Waals surface area contributed by atoms with Gasteiger partial charge in [-0.15, -0.1) is 0 Å². The summed E-state index contributed by atoms with van der Waals surface area (Å²) in [7, 11) is 0. The molecule has 162 valence electrons. The molecule has 4 rings (SSSR count). The fourth-order valence-corrected chi connectivity index (χ4v) is 6.89. The van der Waals surface area contributed by atoms with Crippen LogP contribution in [0.3, 0.4) is 0 Å². The summed E-state index contributed by atoms with van der Waals surface area (Å²) in [5.41, 5.74) is 3.42. The zero-order chi connectivity index (χ0) is 20.2. The fraction of sp³-hybridized carbons (Fsp3) is 0.786. The van der Waals surface area contributed by atoms with Gasteiger partial charge in [-0.25, -0.2) is 4.39 Å².